The molecule has 2 aromatic heterocycles. The molecule has 0 aliphatic heterocycles. The second kappa shape index (κ2) is 10.1. The van der Waals surface area contributed by atoms with Gasteiger partial charge in [-0.3, -0.25) is 4.98 Å². The van der Waals surface area contributed by atoms with Gasteiger partial charge in [-0.2, -0.15) is 0 Å². The topological polar surface area (TPSA) is 25.8 Å². The fourth-order valence-corrected chi connectivity index (χ4v) is 6.17. The highest BCUT2D eigenvalue weighted by Crippen LogP contribution is 2.40. The van der Waals surface area contributed by atoms with Crippen LogP contribution in [0.3, 0.4) is 0 Å². The summed E-state index contributed by atoms with van der Waals surface area (Å²) in [5, 5.41) is 4.60. The van der Waals surface area contributed by atoms with Crippen molar-refractivity contribution in [3.63, 3.8) is 0 Å². The summed E-state index contributed by atoms with van der Waals surface area (Å²) in [6.07, 6.45) is 1.91. The third-order valence-corrected chi connectivity index (χ3v) is 8.14. The quantitative estimate of drug-likeness (QED) is 0.210. The lowest BCUT2D eigenvalue weighted by Crippen LogP contribution is -1.94. The molecule has 6 aromatic carbocycles. The van der Waals surface area contributed by atoms with Gasteiger partial charge in [-0.25, -0.2) is 4.98 Å². The van der Waals surface area contributed by atoms with Crippen molar-refractivity contribution in [2.75, 3.05) is 0 Å². The molecule has 0 aliphatic carbocycles. The van der Waals surface area contributed by atoms with Gasteiger partial charge in [-0.1, -0.05) is 140 Å². The van der Waals surface area contributed by atoms with Gasteiger partial charge < -0.3 is 0 Å². The Morgan fingerprint density at radius 3 is 1.45 bits per heavy atom. The fraction of sp³-hybridized carbons (Fsp3) is 0. The van der Waals surface area contributed by atoms with Crippen LogP contribution < -0.4 is 0 Å². The molecule has 42 heavy (non-hydrogen) atoms. The van der Waals surface area contributed by atoms with Crippen molar-refractivity contribution in [2.45, 2.75) is 0 Å². The molecular formula is C40H26N2. The van der Waals surface area contributed by atoms with Crippen molar-refractivity contribution in [3.05, 3.63) is 158 Å². The lowest BCUT2D eigenvalue weighted by Gasteiger charge is -2.15. The summed E-state index contributed by atoms with van der Waals surface area (Å²) in [6.45, 7) is 0. The van der Waals surface area contributed by atoms with Crippen molar-refractivity contribution in [3.8, 4) is 44.6 Å². The van der Waals surface area contributed by atoms with Crippen LogP contribution in [0, 0.1) is 0 Å². The Balaban J connectivity index is 1.44. The molecule has 0 amide bonds. The summed E-state index contributed by atoms with van der Waals surface area (Å²) in [5.41, 5.74) is 11.0. The lowest BCUT2D eigenvalue weighted by atomic mass is 9.92. The van der Waals surface area contributed by atoms with E-state index >= 15 is 0 Å². The molecule has 0 fully saturated rings. The van der Waals surface area contributed by atoms with Gasteiger partial charge in [0.2, 0.25) is 0 Å². The largest absolute Gasteiger partial charge is 0.254 e. The predicted octanol–water partition coefficient (Wildman–Crippen LogP) is 10.6. The van der Waals surface area contributed by atoms with E-state index in [0.29, 0.717) is 0 Å². The van der Waals surface area contributed by atoms with E-state index in [4.69, 9.17) is 9.97 Å². The summed E-state index contributed by atoms with van der Waals surface area (Å²) in [4.78, 5) is 10.3. The van der Waals surface area contributed by atoms with E-state index in [9.17, 15) is 0 Å². The van der Waals surface area contributed by atoms with E-state index in [1.165, 1.54) is 27.5 Å². The van der Waals surface area contributed by atoms with Gasteiger partial charge in [0.05, 0.1) is 16.7 Å². The van der Waals surface area contributed by atoms with Crippen molar-refractivity contribution >= 4 is 32.6 Å². The highest BCUT2D eigenvalue weighted by atomic mass is 14.8. The first-order chi connectivity index (χ1) is 20.8. The molecule has 2 nitrogen and oxygen atoms in total. The molecule has 2 heteroatoms. The van der Waals surface area contributed by atoms with Crippen LogP contribution in [0.5, 0.6) is 0 Å². The van der Waals surface area contributed by atoms with E-state index < -0.39 is 0 Å². The van der Waals surface area contributed by atoms with Gasteiger partial charge in [-0.15, -0.1) is 0 Å². The van der Waals surface area contributed by atoms with E-state index in [2.05, 4.69) is 152 Å². The molecule has 0 saturated carbocycles. The number of nitrogens with zero attached hydrogens (tertiary/aromatic N) is 2. The molecule has 0 N–H and O–H groups in total. The van der Waals surface area contributed by atoms with Crippen LogP contribution in [-0.4, -0.2) is 9.97 Å². The first kappa shape index (κ1) is 24.2. The van der Waals surface area contributed by atoms with Crippen LogP contribution in [0.1, 0.15) is 0 Å². The Labute approximate surface area is 244 Å². The van der Waals surface area contributed by atoms with Crippen molar-refractivity contribution in [2.24, 2.45) is 0 Å². The number of aromatic nitrogens is 2. The minimum atomic E-state index is 0.915. The maximum Gasteiger partial charge on any atom is 0.0978 e. The molecule has 0 bridgehead atoms. The Morgan fingerprint density at radius 1 is 0.333 bits per heavy atom. The molecule has 0 unspecified atom stereocenters. The van der Waals surface area contributed by atoms with Crippen LogP contribution in [0.15, 0.2) is 158 Å². The average Bonchev–Trinajstić information content (AvgIpc) is 3.08. The number of benzene rings is 6. The van der Waals surface area contributed by atoms with Crippen LogP contribution in [0.25, 0.3) is 77.2 Å². The standard InChI is InChI=1S/C40H26N2/c1-4-12-27(13-5-1)30-18-10-20-33-32(30)19-11-21-34(33)38-26-37(29-16-8-3-9-17-29)36-23-22-35-31(28-14-6-2-7-15-28)24-25-41-39(35)40(36)42-38/h1-26H. The molecule has 0 aliphatic rings. The molecule has 8 rings (SSSR count). The smallest absolute Gasteiger partial charge is 0.0978 e. The van der Waals surface area contributed by atoms with Crippen LogP contribution in [-0.2, 0) is 0 Å². The molecule has 8 aromatic rings. The van der Waals surface area contributed by atoms with E-state index in [1.54, 1.807) is 0 Å². The first-order valence-corrected chi connectivity index (χ1v) is 14.3. The fourth-order valence-electron chi connectivity index (χ4n) is 6.17. The van der Waals surface area contributed by atoms with Gasteiger partial charge in [0.25, 0.3) is 0 Å². The zero-order valence-electron chi connectivity index (χ0n) is 22.9. The Morgan fingerprint density at radius 2 is 0.833 bits per heavy atom. The summed E-state index contributed by atoms with van der Waals surface area (Å²) in [5.74, 6) is 0. The van der Waals surface area contributed by atoms with E-state index in [1.807, 2.05) is 6.20 Å². The van der Waals surface area contributed by atoms with Gasteiger partial charge in [0, 0.05) is 22.5 Å². The summed E-state index contributed by atoms with van der Waals surface area (Å²) in [6, 6.07) is 53.6. The highest BCUT2D eigenvalue weighted by molar-refractivity contribution is 6.13. The Bertz CT molecular complexity index is 2220. The number of fused-ring (bicyclic) bond motifs is 4. The SMILES string of the molecule is c1ccc(-c2cccc3c(-c4cc(-c5ccccc5)c5ccc6c(-c7ccccc7)ccnc6c5n4)cccc23)cc1. The molecular weight excluding hydrogens is 508 g/mol. The van der Waals surface area contributed by atoms with Gasteiger partial charge >= 0.3 is 0 Å². The van der Waals surface area contributed by atoms with Crippen molar-refractivity contribution in [1.82, 2.24) is 9.97 Å². The molecule has 0 spiro atoms. The lowest BCUT2D eigenvalue weighted by molar-refractivity contribution is 1.37. The average molecular weight is 535 g/mol. The third-order valence-electron chi connectivity index (χ3n) is 8.14. The van der Waals surface area contributed by atoms with Gasteiger partial charge in [0.15, 0.2) is 0 Å². The second-order valence-corrected chi connectivity index (χ2v) is 10.6. The number of hydrogen-bond acceptors (Lipinski definition) is 2. The zero-order valence-corrected chi connectivity index (χ0v) is 22.9. The number of hydrogen-bond donors (Lipinski definition) is 0. The van der Waals surface area contributed by atoms with E-state index in [0.717, 1.165) is 49.8 Å². The molecule has 196 valence electrons. The third kappa shape index (κ3) is 4.05. The highest BCUT2D eigenvalue weighted by Gasteiger charge is 2.16. The molecule has 0 atom stereocenters. The maximum atomic E-state index is 5.38. The minimum Gasteiger partial charge on any atom is -0.254 e. The molecule has 0 saturated heterocycles. The maximum absolute atomic E-state index is 5.38. The summed E-state index contributed by atoms with van der Waals surface area (Å²) >= 11 is 0. The van der Waals surface area contributed by atoms with Crippen LogP contribution in [0.2, 0.25) is 0 Å². The Hall–Kier alpha value is -5.60. The zero-order chi connectivity index (χ0) is 27.9. The minimum absolute atomic E-state index is 0.915. The normalized spacial score (nSPS) is 11.3. The predicted molar refractivity (Wildman–Crippen MR) is 176 cm³/mol. The van der Waals surface area contributed by atoms with Crippen molar-refractivity contribution < 1.29 is 0 Å². The van der Waals surface area contributed by atoms with Gasteiger partial charge in [-0.05, 0) is 56.3 Å². The number of pyridine rings is 2. The second-order valence-electron chi connectivity index (χ2n) is 10.6. The number of rotatable bonds is 4. The van der Waals surface area contributed by atoms with Crippen LogP contribution >= 0.6 is 0 Å². The molecule has 0 radical (unpaired) electrons. The van der Waals surface area contributed by atoms with Crippen molar-refractivity contribution in [1.29, 1.82) is 0 Å². The molecule has 2 heterocycles. The van der Waals surface area contributed by atoms with Crippen LogP contribution in [0.4, 0.5) is 0 Å². The monoisotopic (exact) mass is 534 g/mol. The first-order valence-electron chi connectivity index (χ1n) is 14.3. The van der Waals surface area contributed by atoms with Gasteiger partial charge in [0.1, 0.15) is 0 Å². The summed E-state index contributed by atoms with van der Waals surface area (Å²) in [7, 11) is 0. The summed E-state index contributed by atoms with van der Waals surface area (Å²) < 4.78 is 0. The van der Waals surface area contributed by atoms with E-state index in [-0.39, 0.29) is 0 Å². The Kier molecular flexibility index (Phi) is 5.82.